The van der Waals surface area contributed by atoms with Gasteiger partial charge in [0.1, 0.15) is 0 Å². The average Bonchev–Trinajstić information content (AvgIpc) is 2.73. The summed E-state index contributed by atoms with van der Waals surface area (Å²) in [5, 5.41) is 17.8. The van der Waals surface area contributed by atoms with Gasteiger partial charge in [-0.25, -0.2) is 0 Å². The highest BCUT2D eigenvalue weighted by atomic mass is 16.5. The zero-order valence-corrected chi connectivity index (χ0v) is 19.1. The molecule has 6 nitrogen and oxygen atoms in total. The van der Waals surface area contributed by atoms with Crippen LogP contribution in [0.4, 0.5) is 0 Å². The Labute approximate surface area is 179 Å². The van der Waals surface area contributed by atoms with Gasteiger partial charge in [-0.15, -0.1) is 0 Å². The van der Waals surface area contributed by atoms with Gasteiger partial charge in [0.05, 0.1) is 52.9 Å². The minimum Gasteiger partial charge on any atom is -0.395 e. The van der Waals surface area contributed by atoms with E-state index >= 15 is 0 Å². The molecule has 0 saturated carbocycles. The van der Waals surface area contributed by atoms with Crippen LogP contribution < -0.4 is 0 Å². The largest absolute Gasteiger partial charge is 0.395 e. The number of nitrogens with zero attached hydrogens (tertiary/aromatic N) is 1. The van der Waals surface area contributed by atoms with Gasteiger partial charge in [-0.3, -0.25) is 4.90 Å². The van der Waals surface area contributed by atoms with Crippen molar-refractivity contribution in [2.45, 2.75) is 77.6 Å². The summed E-state index contributed by atoms with van der Waals surface area (Å²) in [6.45, 7) is 8.33. The molecule has 0 aliphatic heterocycles. The zero-order valence-electron chi connectivity index (χ0n) is 19.1. The second-order valence-corrected chi connectivity index (χ2v) is 7.66. The van der Waals surface area contributed by atoms with Crippen LogP contribution in [0.5, 0.6) is 0 Å². The summed E-state index contributed by atoms with van der Waals surface area (Å²) in [4.78, 5) is 2.29. The van der Waals surface area contributed by atoms with Crippen LogP contribution in [0.3, 0.4) is 0 Å². The third-order valence-electron chi connectivity index (χ3n) is 5.03. The summed E-state index contributed by atoms with van der Waals surface area (Å²) < 4.78 is 16.1. The summed E-state index contributed by atoms with van der Waals surface area (Å²) in [5.41, 5.74) is 0. The van der Waals surface area contributed by atoms with Crippen molar-refractivity contribution in [3.05, 3.63) is 0 Å². The summed E-state index contributed by atoms with van der Waals surface area (Å²) in [6.07, 6.45) is 14.9. The highest BCUT2D eigenvalue weighted by Crippen LogP contribution is 2.11. The second kappa shape index (κ2) is 25.8. The monoisotopic (exact) mass is 419 g/mol. The number of unbranched alkanes of at least 4 members (excludes halogenated alkanes) is 10. The molecular formula is C23H49NO5. The van der Waals surface area contributed by atoms with Gasteiger partial charge in [0, 0.05) is 13.1 Å². The maximum absolute atomic E-state index is 9.25. The normalized spacial score (nSPS) is 11.6. The van der Waals surface area contributed by atoms with Gasteiger partial charge >= 0.3 is 0 Å². The molecule has 0 spiro atoms. The molecule has 0 aliphatic rings. The van der Waals surface area contributed by atoms with E-state index in [4.69, 9.17) is 19.3 Å². The maximum Gasteiger partial charge on any atom is 0.0701 e. The van der Waals surface area contributed by atoms with E-state index in [1.54, 1.807) is 0 Å². The lowest BCUT2D eigenvalue weighted by molar-refractivity contribution is 0.00405. The van der Waals surface area contributed by atoms with Gasteiger partial charge in [-0.1, -0.05) is 71.1 Å². The van der Waals surface area contributed by atoms with Crippen molar-refractivity contribution >= 4 is 0 Å². The van der Waals surface area contributed by atoms with E-state index < -0.39 is 0 Å². The molecule has 176 valence electrons. The molecule has 29 heavy (non-hydrogen) atoms. The molecule has 0 aromatic carbocycles. The Bertz CT molecular complexity index is 294. The first kappa shape index (κ1) is 28.8. The molecule has 0 aromatic rings. The first-order valence-electron chi connectivity index (χ1n) is 12.0. The minimum atomic E-state index is 0.0483. The minimum absolute atomic E-state index is 0.0483. The lowest BCUT2D eigenvalue weighted by Crippen LogP contribution is -2.31. The van der Waals surface area contributed by atoms with Gasteiger partial charge in [0.25, 0.3) is 0 Å². The van der Waals surface area contributed by atoms with Crippen molar-refractivity contribution in [3.63, 3.8) is 0 Å². The van der Waals surface area contributed by atoms with Crippen LogP contribution in [0.1, 0.15) is 77.6 Å². The Morgan fingerprint density at radius 1 is 0.483 bits per heavy atom. The molecule has 0 unspecified atom stereocenters. The quantitative estimate of drug-likeness (QED) is 0.220. The van der Waals surface area contributed by atoms with E-state index in [2.05, 4.69) is 11.8 Å². The van der Waals surface area contributed by atoms with Gasteiger partial charge in [0.2, 0.25) is 0 Å². The summed E-state index contributed by atoms with van der Waals surface area (Å²) in [5.74, 6) is 0. The van der Waals surface area contributed by atoms with Crippen LogP contribution >= 0.6 is 0 Å². The number of hydrogen-bond acceptors (Lipinski definition) is 6. The van der Waals surface area contributed by atoms with Crippen LogP contribution in [0.25, 0.3) is 0 Å². The third kappa shape index (κ3) is 23.9. The Morgan fingerprint density at radius 3 is 1.48 bits per heavy atom. The van der Waals surface area contributed by atoms with Crippen molar-refractivity contribution in [1.29, 1.82) is 0 Å². The lowest BCUT2D eigenvalue weighted by Gasteiger charge is -2.21. The van der Waals surface area contributed by atoms with E-state index in [0.29, 0.717) is 39.6 Å². The number of aliphatic hydroxyl groups is 2. The van der Waals surface area contributed by atoms with E-state index in [9.17, 15) is 5.11 Å². The molecule has 0 fully saturated rings. The summed E-state index contributed by atoms with van der Waals surface area (Å²) in [7, 11) is 0. The van der Waals surface area contributed by atoms with Crippen LogP contribution in [-0.4, -0.2) is 87.6 Å². The molecule has 6 heteroatoms. The Kier molecular flexibility index (Phi) is 25.6. The average molecular weight is 420 g/mol. The molecule has 0 heterocycles. The lowest BCUT2D eigenvalue weighted by atomic mass is 10.1. The molecule has 0 radical (unpaired) electrons. The fraction of sp³-hybridized carbons (Fsp3) is 1.00. The molecule has 0 aliphatic carbocycles. The Morgan fingerprint density at radius 2 is 0.966 bits per heavy atom. The summed E-state index contributed by atoms with van der Waals surface area (Å²) >= 11 is 0. The van der Waals surface area contributed by atoms with Crippen molar-refractivity contribution in [2.24, 2.45) is 0 Å². The number of aliphatic hydroxyl groups excluding tert-OH is 2. The number of ether oxygens (including phenoxy) is 3. The highest BCUT2D eigenvalue weighted by Gasteiger charge is 2.04. The first-order valence-corrected chi connectivity index (χ1v) is 12.0. The molecule has 0 atom stereocenters. The zero-order chi connectivity index (χ0) is 21.3. The molecule has 0 saturated heterocycles. The standard InChI is InChI=1S/C23H49NO5/c1-2-3-4-5-6-7-8-9-10-11-12-13-24(14-16-25)15-18-27-20-22-29-23-21-28-19-17-26/h25-26H,2-23H2,1H3. The molecule has 0 bridgehead atoms. The predicted octanol–water partition coefficient (Wildman–Crippen LogP) is 3.63. The van der Waals surface area contributed by atoms with Crippen molar-refractivity contribution in [3.8, 4) is 0 Å². The van der Waals surface area contributed by atoms with E-state index in [-0.39, 0.29) is 13.2 Å². The van der Waals surface area contributed by atoms with Gasteiger partial charge in [-0.2, -0.15) is 0 Å². The van der Waals surface area contributed by atoms with E-state index in [1.165, 1.54) is 70.6 Å². The van der Waals surface area contributed by atoms with E-state index in [0.717, 1.165) is 19.6 Å². The Hall–Kier alpha value is -0.240. The molecule has 2 N–H and O–H groups in total. The smallest absolute Gasteiger partial charge is 0.0701 e. The molecule has 0 rings (SSSR count). The van der Waals surface area contributed by atoms with Crippen LogP contribution in [0.2, 0.25) is 0 Å². The first-order chi connectivity index (χ1) is 14.3. The number of rotatable bonds is 25. The fourth-order valence-electron chi connectivity index (χ4n) is 3.28. The maximum atomic E-state index is 9.25. The van der Waals surface area contributed by atoms with Crippen LogP contribution in [0, 0.1) is 0 Å². The SMILES string of the molecule is CCCCCCCCCCCCCN(CCO)CCOCCOCCOCCO. The van der Waals surface area contributed by atoms with Crippen LogP contribution in [-0.2, 0) is 14.2 Å². The van der Waals surface area contributed by atoms with Gasteiger partial charge in [-0.05, 0) is 13.0 Å². The Balaban J connectivity index is 3.40. The highest BCUT2D eigenvalue weighted by molar-refractivity contribution is 4.58. The van der Waals surface area contributed by atoms with Gasteiger partial charge in [0.15, 0.2) is 0 Å². The molecule has 0 aromatic heterocycles. The van der Waals surface area contributed by atoms with E-state index in [1.807, 2.05) is 0 Å². The fourth-order valence-corrected chi connectivity index (χ4v) is 3.28. The predicted molar refractivity (Wildman–Crippen MR) is 120 cm³/mol. The third-order valence-corrected chi connectivity index (χ3v) is 5.03. The summed E-state index contributed by atoms with van der Waals surface area (Å²) in [6, 6.07) is 0. The number of hydrogen-bond donors (Lipinski definition) is 2. The van der Waals surface area contributed by atoms with Crippen molar-refractivity contribution < 1.29 is 24.4 Å². The molecule has 0 amide bonds. The van der Waals surface area contributed by atoms with Crippen LogP contribution in [0.15, 0.2) is 0 Å². The topological polar surface area (TPSA) is 71.4 Å². The van der Waals surface area contributed by atoms with Crippen molar-refractivity contribution in [1.82, 2.24) is 4.90 Å². The second-order valence-electron chi connectivity index (χ2n) is 7.66. The molecular weight excluding hydrogens is 370 g/mol. The van der Waals surface area contributed by atoms with Crippen molar-refractivity contribution in [2.75, 3.05) is 72.5 Å². The van der Waals surface area contributed by atoms with Gasteiger partial charge < -0.3 is 24.4 Å².